The van der Waals surface area contributed by atoms with E-state index in [1.54, 1.807) is 0 Å². The van der Waals surface area contributed by atoms with E-state index in [2.05, 4.69) is 10.2 Å². The number of nitrogens with zero attached hydrogens (tertiary/aromatic N) is 1. The SMILES string of the molecule is O=C(NCC1(CN2CCOCC2)CC1)C1CCCO1. The fourth-order valence-corrected chi connectivity index (χ4v) is 2.97. The molecule has 1 atom stereocenters. The first kappa shape index (κ1) is 13.3. The van der Waals surface area contributed by atoms with Gasteiger partial charge in [0.25, 0.3) is 0 Å². The van der Waals surface area contributed by atoms with E-state index in [1.807, 2.05) is 0 Å². The highest BCUT2D eigenvalue weighted by molar-refractivity contribution is 5.81. The molecule has 0 radical (unpaired) electrons. The van der Waals surface area contributed by atoms with Gasteiger partial charge in [0.15, 0.2) is 0 Å². The van der Waals surface area contributed by atoms with Gasteiger partial charge in [0.1, 0.15) is 6.10 Å². The van der Waals surface area contributed by atoms with E-state index in [0.717, 1.165) is 58.8 Å². The second-order valence-corrected chi connectivity index (χ2v) is 6.11. The molecule has 2 heterocycles. The molecule has 0 aromatic heterocycles. The van der Waals surface area contributed by atoms with E-state index in [1.165, 1.54) is 12.8 Å². The van der Waals surface area contributed by atoms with Crippen LogP contribution in [-0.4, -0.2) is 62.9 Å². The summed E-state index contributed by atoms with van der Waals surface area (Å²) >= 11 is 0. The zero-order chi connectivity index (χ0) is 13.1. The van der Waals surface area contributed by atoms with Gasteiger partial charge >= 0.3 is 0 Å². The molecule has 19 heavy (non-hydrogen) atoms. The summed E-state index contributed by atoms with van der Waals surface area (Å²) in [6.45, 7) is 6.39. The minimum atomic E-state index is -0.195. The third-order valence-electron chi connectivity index (χ3n) is 4.48. The van der Waals surface area contributed by atoms with Crippen molar-refractivity contribution in [1.82, 2.24) is 10.2 Å². The Morgan fingerprint density at radius 2 is 2.05 bits per heavy atom. The molecule has 0 bridgehead atoms. The average Bonchev–Trinajstić information content (AvgIpc) is 2.99. The van der Waals surface area contributed by atoms with Gasteiger partial charge in [-0.05, 0) is 25.7 Å². The number of carbonyl (C=O) groups is 1. The van der Waals surface area contributed by atoms with Crippen LogP contribution in [0.5, 0.6) is 0 Å². The fourth-order valence-electron chi connectivity index (χ4n) is 2.97. The van der Waals surface area contributed by atoms with Gasteiger partial charge in [0.2, 0.25) is 5.91 Å². The van der Waals surface area contributed by atoms with Gasteiger partial charge in [0.05, 0.1) is 13.2 Å². The Hall–Kier alpha value is -0.650. The summed E-state index contributed by atoms with van der Waals surface area (Å²) in [5.41, 5.74) is 0.325. The van der Waals surface area contributed by atoms with Crippen molar-refractivity contribution in [3.05, 3.63) is 0 Å². The molecule has 5 nitrogen and oxygen atoms in total. The Labute approximate surface area is 114 Å². The predicted octanol–water partition coefficient (Wildman–Crippen LogP) is 0.394. The normalized spacial score (nSPS) is 30.2. The Morgan fingerprint density at radius 1 is 1.26 bits per heavy atom. The molecule has 5 heteroatoms. The third kappa shape index (κ3) is 3.46. The minimum absolute atomic E-state index is 0.0887. The quantitative estimate of drug-likeness (QED) is 0.784. The van der Waals surface area contributed by atoms with Crippen LogP contribution in [0.1, 0.15) is 25.7 Å². The number of amides is 1. The van der Waals surface area contributed by atoms with Gasteiger partial charge in [0, 0.05) is 38.2 Å². The monoisotopic (exact) mass is 268 g/mol. The molecule has 2 saturated heterocycles. The summed E-state index contributed by atoms with van der Waals surface area (Å²) in [6.07, 6.45) is 4.16. The van der Waals surface area contributed by atoms with Gasteiger partial charge in [-0.2, -0.15) is 0 Å². The van der Waals surface area contributed by atoms with E-state index >= 15 is 0 Å². The molecular weight excluding hydrogens is 244 g/mol. The van der Waals surface area contributed by atoms with Crippen LogP contribution in [-0.2, 0) is 14.3 Å². The Bertz CT molecular complexity index is 319. The zero-order valence-electron chi connectivity index (χ0n) is 11.5. The second kappa shape index (κ2) is 5.77. The minimum Gasteiger partial charge on any atom is -0.379 e. The summed E-state index contributed by atoms with van der Waals surface area (Å²) in [7, 11) is 0. The van der Waals surface area contributed by atoms with E-state index in [4.69, 9.17) is 9.47 Å². The maximum atomic E-state index is 11.9. The molecule has 1 N–H and O–H groups in total. The number of nitrogens with one attached hydrogen (secondary N) is 1. The standard InChI is InChI=1S/C14H24N2O3/c17-13(12-2-1-7-19-12)15-10-14(3-4-14)11-16-5-8-18-9-6-16/h12H,1-11H2,(H,15,17). The lowest BCUT2D eigenvalue weighted by Gasteiger charge is -2.30. The molecule has 1 unspecified atom stereocenters. The largest absolute Gasteiger partial charge is 0.379 e. The van der Waals surface area contributed by atoms with Crippen molar-refractivity contribution < 1.29 is 14.3 Å². The number of rotatable bonds is 5. The van der Waals surface area contributed by atoms with Crippen LogP contribution in [0.4, 0.5) is 0 Å². The molecule has 1 amide bonds. The lowest BCUT2D eigenvalue weighted by atomic mass is 10.1. The zero-order valence-corrected chi connectivity index (χ0v) is 11.5. The Morgan fingerprint density at radius 3 is 2.68 bits per heavy atom. The first-order chi connectivity index (χ1) is 9.27. The van der Waals surface area contributed by atoms with E-state index in [-0.39, 0.29) is 12.0 Å². The highest BCUT2D eigenvalue weighted by atomic mass is 16.5. The molecule has 2 aliphatic heterocycles. The van der Waals surface area contributed by atoms with Crippen molar-refractivity contribution in [3.63, 3.8) is 0 Å². The lowest BCUT2D eigenvalue weighted by molar-refractivity contribution is -0.130. The summed E-state index contributed by atoms with van der Waals surface area (Å²) in [6, 6.07) is 0. The molecule has 0 aromatic rings. The molecule has 3 aliphatic rings. The second-order valence-electron chi connectivity index (χ2n) is 6.11. The van der Waals surface area contributed by atoms with Crippen LogP contribution in [0.25, 0.3) is 0 Å². The highest BCUT2D eigenvalue weighted by Gasteiger charge is 2.44. The number of morpholine rings is 1. The van der Waals surface area contributed by atoms with Crippen LogP contribution < -0.4 is 5.32 Å². The average molecular weight is 268 g/mol. The van der Waals surface area contributed by atoms with Gasteiger partial charge < -0.3 is 14.8 Å². The summed E-state index contributed by atoms with van der Waals surface area (Å²) < 4.78 is 10.8. The lowest BCUT2D eigenvalue weighted by Crippen LogP contribution is -2.44. The van der Waals surface area contributed by atoms with Gasteiger partial charge in [-0.3, -0.25) is 9.69 Å². The number of hydrogen-bond donors (Lipinski definition) is 1. The third-order valence-corrected chi connectivity index (χ3v) is 4.48. The van der Waals surface area contributed by atoms with Gasteiger partial charge in [-0.15, -0.1) is 0 Å². The summed E-state index contributed by atoms with van der Waals surface area (Å²) in [4.78, 5) is 14.4. The topological polar surface area (TPSA) is 50.8 Å². The Kier molecular flexibility index (Phi) is 4.05. The smallest absolute Gasteiger partial charge is 0.249 e. The fraction of sp³-hybridized carbons (Fsp3) is 0.929. The molecule has 1 saturated carbocycles. The van der Waals surface area contributed by atoms with E-state index in [9.17, 15) is 4.79 Å². The van der Waals surface area contributed by atoms with Crippen LogP contribution in [0, 0.1) is 5.41 Å². The highest BCUT2D eigenvalue weighted by Crippen LogP contribution is 2.45. The predicted molar refractivity (Wildman–Crippen MR) is 70.9 cm³/mol. The maximum absolute atomic E-state index is 11.9. The number of hydrogen-bond acceptors (Lipinski definition) is 4. The Balaban J connectivity index is 1.42. The molecule has 0 spiro atoms. The van der Waals surface area contributed by atoms with Crippen molar-refractivity contribution in [2.75, 3.05) is 46.0 Å². The van der Waals surface area contributed by atoms with Crippen LogP contribution >= 0.6 is 0 Å². The van der Waals surface area contributed by atoms with Crippen molar-refractivity contribution in [3.8, 4) is 0 Å². The van der Waals surface area contributed by atoms with E-state index in [0.29, 0.717) is 5.41 Å². The molecule has 3 fully saturated rings. The maximum Gasteiger partial charge on any atom is 0.249 e. The molecule has 3 rings (SSSR count). The van der Waals surface area contributed by atoms with Crippen molar-refractivity contribution >= 4 is 5.91 Å². The van der Waals surface area contributed by atoms with Crippen LogP contribution in [0.3, 0.4) is 0 Å². The first-order valence-electron chi connectivity index (χ1n) is 7.47. The summed E-state index contributed by atoms with van der Waals surface area (Å²) in [5, 5.41) is 3.10. The molecule has 1 aliphatic carbocycles. The van der Waals surface area contributed by atoms with Crippen molar-refractivity contribution in [2.24, 2.45) is 5.41 Å². The molecule has 108 valence electrons. The number of ether oxygens (including phenoxy) is 2. The van der Waals surface area contributed by atoms with Gasteiger partial charge in [-0.1, -0.05) is 0 Å². The van der Waals surface area contributed by atoms with Crippen LogP contribution in [0.15, 0.2) is 0 Å². The molecule has 0 aromatic carbocycles. The van der Waals surface area contributed by atoms with Crippen molar-refractivity contribution in [1.29, 1.82) is 0 Å². The van der Waals surface area contributed by atoms with Crippen LogP contribution in [0.2, 0.25) is 0 Å². The summed E-state index contributed by atoms with van der Waals surface area (Å²) in [5.74, 6) is 0.0887. The number of carbonyl (C=O) groups excluding carboxylic acids is 1. The van der Waals surface area contributed by atoms with Gasteiger partial charge in [-0.25, -0.2) is 0 Å². The molecular formula is C14H24N2O3. The van der Waals surface area contributed by atoms with E-state index < -0.39 is 0 Å². The first-order valence-corrected chi connectivity index (χ1v) is 7.47. The van der Waals surface area contributed by atoms with Crippen molar-refractivity contribution in [2.45, 2.75) is 31.8 Å².